The summed E-state index contributed by atoms with van der Waals surface area (Å²) in [6, 6.07) is 0. The minimum absolute atomic E-state index is 0.107. The molecule has 0 bridgehead atoms. The zero-order chi connectivity index (χ0) is 67.7. The molecule has 0 rings (SSSR count). The molecule has 3 unspecified atom stereocenters. The predicted octanol–water partition coefficient (Wildman–Crippen LogP) is 21.3. The number of aliphatic hydroxyl groups is 1. The van der Waals surface area contributed by atoms with Gasteiger partial charge in [-0.2, -0.15) is 0 Å². The van der Waals surface area contributed by atoms with E-state index in [2.05, 4.69) is 34.6 Å². The molecule has 0 saturated heterocycles. The molecule has 0 amide bonds. The molecule has 19 heteroatoms. The van der Waals surface area contributed by atoms with Crippen LogP contribution in [0.25, 0.3) is 0 Å². The Morgan fingerprint density at radius 1 is 0.304 bits per heavy atom. The highest BCUT2D eigenvalue weighted by atomic mass is 31.2. The Morgan fingerprint density at radius 3 is 0.772 bits per heavy atom. The van der Waals surface area contributed by atoms with E-state index >= 15 is 0 Å². The number of unbranched alkanes of at least 4 members (excludes halogenated alkanes) is 44. The van der Waals surface area contributed by atoms with Crippen LogP contribution in [0.5, 0.6) is 0 Å². The molecular formula is C73H142O17P2. The van der Waals surface area contributed by atoms with E-state index in [0.717, 1.165) is 102 Å². The fourth-order valence-corrected chi connectivity index (χ4v) is 12.7. The minimum atomic E-state index is -4.95. The van der Waals surface area contributed by atoms with E-state index in [1.165, 1.54) is 199 Å². The molecule has 3 N–H and O–H groups in total. The van der Waals surface area contributed by atoms with Crippen LogP contribution in [0.2, 0.25) is 0 Å². The Kier molecular flexibility index (Phi) is 64.9. The van der Waals surface area contributed by atoms with Crippen LogP contribution in [0.3, 0.4) is 0 Å². The van der Waals surface area contributed by atoms with Crippen LogP contribution < -0.4 is 0 Å². The molecule has 0 aromatic carbocycles. The Morgan fingerprint density at radius 2 is 0.522 bits per heavy atom. The van der Waals surface area contributed by atoms with Gasteiger partial charge in [0, 0.05) is 25.7 Å². The van der Waals surface area contributed by atoms with Crippen LogP contribution in [0.1, 0.15) is 381 Å². The van der Waals surface area contributed by atoms with Gasteiger partial charge in [-0.05, 0) is 31.6 Å². The number of carbonyl (C=O) groups is 4. The first-order chi connectivity index (χ1) is 44.6. The van der Waals surface area contributed by atoms with Crippen LogP contribution in [0.4, 0.5) is 0 Å². The lowest BCUT2D eigenvalue weighted by atomic mass is 9.99. The van der Waals surface area contributed by atoms with E-state index < -0.39 is 97.5 Å². The van der Waals surface area contributed by atoms with Gasteiger partial charge in [0.1, 0.15) is 19.3 Å². The van der Waals surface area contributed by atoms with Crippen LogP contribution in [-0.4, -0.2) is 96.7 Å². The maximum absolute atomic E-state index is 13.0. The van der Waals surface area contributed by atoms with Crippen LogP contribution in [-0.2, 0) is 65.4 Å². The van der Waals surface area contributed by atoms with Crippen LogP contribution in [0.15, 0.2) is 0 Å². The summed E-state index contributed by atoms with van der Waals surface area (Å²) in [5.74, 6) is -1.25. The van der Waals surface area contributed by atoms with Crippen molar-refractivity contribution in [2.24, 2.45) is 5.92 Å². The molecule has 0 spiro atoms. The number of aliphatic hydroxyl groups excluding tert-OH is 1. The lowest BCUT2D eigenvalue weighted by Gasteiger charge is -2.21. The number of hydrogen-bond donors (Lipinski definition) is 3. The number of esters is 4. The summed E-state index contributed by atoms with van der Waals surface area (Å²) in [5, 5.41) is 10.6. The lowest BCUT2D eigenvalue weighted by Crippen LogP contribution is -2.30. The molecule has 0 radical (unpaired) electrons. The van der Waals surface area contributed by atoms with Crippen LogP contribution >= 0.6 is 15.6 Å². The van der Waals surface area contributed by atoms with Crippen molar-refractivity contribution < 1.29 is 80.2 Å². The SMILES string of the molecule is CCCCCCCCCCCCCCC(=O)OC[C@H](COP(=O)(O)OC[C@@H](O)COP(=O)(O)OC[C@@H](COC(=O)CCCCCCCCCC)OC(=O)CCCCCCCCCCCC)OC(=O)CCCCCCCCCCCCCCCCCCCCC(C)CC. The third-order valence-corrected chi connectivity index (χ3v) is 19.3. The third-order valence-electron chi connectivity index (χ3n) is 17.4. The minimum Gasteiger partial charge on any atom is -0.462 e. The first-order valence-electron chi connectivity index (χ1n) is 38.2. The topological polar surface area (TPSA) is 237 Å². The Labute approximate surface area is 562 Å². The summed E-state index contributed by atoms with van der Waals surface area (Å²) in [6.07, 6.45) is 54.1. The van der Waals surface area contributed by atoms with Crippen molar-refractivity contribution in [2.75, 3.05) is 39.6 Å². The molecule has 546 valence electrons. The zero-order valence-corrected chi connectivity index (χ0v) is 61.5. The average molecular weight is 1350 g/mol. The average Bonchev–Trinajstić information content (AvgIpc) is 2.15. The molecule has 0 aromatic heterocycles. The number of rotatable bonds is 73. The second kappa shape index (κ2) is 66.3. The highest BCUT2D eigenvalue weighted by molar-refractivity contribution is 7.47. The number of phosphoric acid groups is 2. The first-order valence-corrected chi connectivity index (χ1v) is 41.2. The summed E-state index contributed by atoms with van der Waals surface area (Å²) in [7, 11) is -9.90. The summed E-state index contributed by atoms with van der Waals surface area (Å²) >= 11 is 0. The second-order valence-corrected chi connectivity index (χ2v) is 29.5. The van der Waals surface area contributed by atoms with Gasteiger partial charge in [-0.3, -0.25) is 37.3 Å². The summed E-state index contributed by atoms with van der Waals surface area (Å²) in [5.41, 5.74) is 0. The highest BCUT2D eigenvalue weighted by Gasteiger charge is 2.30. The molecule has 0 aliphatic carbocycles. The highest BCUT2D eigenvalue weighted by Crippen LogP contribution is 2.45. The second-order valence-electron chi connectivity index (χ2n) is 26.6. The van der Waals surface area contributed by atoms with Gasteiger partial charge >= 0.3 is 39.5 Å². The quantitative estimate of drug-likeness (QED) is 0.0222. The van der Waals surface area contributed by atoms with Gasteiger partial charge in [-0.15, -0.1) is 0 Å². The van der Waals surface area contributed by atoms with Crippen molar-refractivity contribution in [3.05, 3.63) is 0 Å². The summed E-state index contributed by atoms with van der Waals surface area (Å²) in [6.45, 7) is 7.30. The van der Waals surface area contributed by atoms with E-state index in [4.69, 9.17) is 37.0 Å². The number of hydrogen-bond acceptors (Lipinski definition) is 15. The van der Waals surface area contributed by atoms with Crippen molar-refractivity contribution in [2.45, 2.75) is 400 Å². The van der Waals surface area contributed by atoms with E-state index in [1.54, 1.807) is 0 Å². The molecule has 0 fully saturated rings. The normalized spacial score (nSPS) is 14.3. The van der Waals surface area contributed by atoms with Crippen molar-refractivity contribution in [1.29, 1.82) is 0 Å². The fraction of sp³-hybridized carbons (Fsp3) is 0.945. The summed E-state index contributed by atoms with van der Waals surface area (Å²) < 4.78 is 68.3. The summed E-state index contributed by atoms with van der Waals surface area (Å²) in [4.78, 5) is 72.5. The Balaban J connectivity index is 5.13. The van der Waals surface area contributed by atoms with Crippen molar-refractivity contribution in [3.63, 3.8) is 0 Å². The van der Waals surface area contributed by atoms with Gasteiger partial charge in [-0.1, -0.05) is 330 Å². The van der Waals surface area contributed by atoms with Crippen molar-refractivity contribution in [1.82, 2.24) is 0 Å². The molecule has 0 aliphatic rings. The monoisotopic (exact) mass is 1350 g/mol. The Hall–Kier alpha value is -1.94. The molecule has 0 aliphatic heterocycles. The predicted molar refractivity (Wildman–Crippen MR) is 372 cm³/mol. The van der Waals surface area contributed by atoms with Gasteiger partial charge in [0.25, 0.3) is 0 Å². The van der Waals surface area contributed by atoms with Crippen molar-refractivity contribution >= 4 is 39.5 Å². The number of ether oxygens (including phenoxy) is 4. The molecule has 6 atom stereocenters. The largest absolute Gasteiger partial charge is 0.472 e. The fourth-order valence-electron chi connectivity index (χ4n) is 11.1. The lowest BCUT2D eigenvalue weighted by molar-refractivity contribution is -0.161. The maximum Gasteiger partial charge on any atom is 0.472 e. The van der Waals surface area contributed by atoms with E-state index in [1.807, 2.05) is 0 Å². The van der Waals surface area contributed by atoms with E-state index in [-0.39, 0.29) is 25.7 Å². The number of phosphoric ester groups is 2. The van der Waals surface area contributed by atoms with E-state index in [9.17, 15) is 43.2 Å². The molecule has 17 nitrogen and oxygen atoms in total. The van der Waals surface area contributed by atoms with Gasteiger partial charge < -0.3 is 33.8 Å². The molecule has 92 heavy (non-hydrogen) atoms. The van der Waals surface area contributed by atoms with Gasteiger partial charge in [0.05, 0.1) is 26.4 Å². The van der Waals surface area contributed by atoms with Crippen LogP contribution in [0, 0.1) is 5.92 Å². The third kappa shape index (κ3) is 65.4. The standard InChI is InChI=1S/C73H142O17P2/c1-6-10-13-16-19-22-24-34-38-42-47-52-57-71(76)84-63-69(90-73(78)59-54-49-44-39-35-32-30-28-26-25-27-29-31-33-36-40-45-50-55-66(5)9-4)65-88-92(81,82)86-61-67(74)60-85-91(79,80)87-64-68(62-83-70(75)56-51-46-41-21-18-15-12-8-3)89-72(77)58-53-48-43-37-23-20-17-14-11-7-2/h66-69,74H,6-65H2,1-5H3,(H,79,80)(H,81,82)/t66?,67-,68+,69+/m0/s1. The smallest absolute Gasteiger partial charge is 0.462 e. The van der Waals surface area contributed by atoms with Gasteiger partial charge in [-0.25, -0.2) is 9.13 Å². The van der Waals surface area contributed by atoms with E-state index in [0.29, 0.717) is 25.7 Å². The molecule has 0 saturated carbocycles. The van der Waals surface area contributed by atoms with Crippen molar-refractivity contribution in [3.8, 4) is 0 Å². The zero-order valence-electron chi connectivity index (χ0n) is 59.7. The molecule has 0 heterocycles. The van der Waals surface area contributed by atoms with Gasteiger partial charge in [0.2, 0.25) is 0 Å². The molecule has 0 aromatic rings. The Bertz CT molecular complexity index is 1770. The number of carbonyl (C=O) groups excluding carboxylic acids is 4. The van der Waals surface area contributed by atoms with Gasteiger partial charge in [0.15, 0.2) is 12.2 Å². The molecular weight excluding hydrogens is 1210 g/mol. The maximum atomic E-state index is 13.0. The first kappa shape index (κ1) is 90.1.